The van der Waals surface area contributed by atoms with E-state index >= 15 is 0 Å². The van der Waals surface area contributed by atoms with Gasteiger partial charge in [-0.2, -0.15) is 0 Å². The highest BCUT2D eigenvalue weighted by Crippen LogP contribution is 2.23. The van der Waals surface area contributed by atoms with Crippen LogP contribution >= 0.6 is 23.2 Å². The molecule has 0 radical (unpaired) electrons. The summed E-state index contributed by atoms with van der Waals surface area (Å²) in [4.78, 5) is 11.5. The van der Waals surface area contributed by atoms with E-state index in [1.165, 1.54) is 0 Å². The fourth-order valence-electron chi connectivity index (χ4n) is 1.31. The number of amides is 1. The molecule has 0 saturated carbocycles. The van der Waals surface area contributed by atoms with Crippen LogP contribution in [0, 0.1) is 5.92 Å². The smallest absolute Gasteiger partial charge is 0.257 e. The number of halogens is 2. The molecule has 0 heterocycles. The summed E-state index contributed by atoms with van der Waals surface area (Å²) in [5, 5.41) is 3.75. The number of nitrogens with one attached hydrogen (secondary N) is 1. The van der Waals surface area contributed by atoms with Crippen molar-refractivity contribution in [3.05, 3.63) is 28.2 Å². The fourth-order valence-corrected chi connectivity index (χ4v) is 1.82. The number of hydrogen-bond donors (Lipinski definition) is 1. The lowest BCUT2D eigenvalue weighted by Crippen LogP contribution is -2.30. The van der Waals surface area contributed by atoms with Crippen molar-refractivity contribution < 1.29 is 9.53 Å². The maximum absolute atomic E-state index is 11.5. The van der Waals surface area contributed by atoms with Gasteiger partial charge >= 0.3 is 0 Å². The van der Waals surface area contributed by atoms with E-state index < -0.39 is 0 Å². The third kappa shape index (κ3) is 6.12. The third-order valence-corrected chi connectivity index (χ3v) is 2.69. The number of ether oxygens (including phenoxy) is 1. The summed E-state index contributed by atoms with van der Waals surface area (Å²) >= 11 is 11.6. The van der Waals surface area contributed by atoms with Gasteiger partial charge in [-0.25, -0.2) is 0 Å². The summed E-state index contributed by atoms with van der Waals surface area (Å²) in [7, 11) is 0. The van der Waals surface area contributed by atoms with Gasteiger partial charge in [0.25, 0.3) is 5.91 Å². The number of rotatable bonds is 6. The van der Waals surface area contributed by atoms with Crippen LogP contribution in [0.2, 0.25) is 10.0 Å². The molecule has 1 N–H and O–H groups in total. The maximum Gasteiger partial charge on any atom is 0.257 e. The first-order valence-corrected chi connectivity index (χ1v) is 6.58. The molecule has 0 unspecified atom stereocenters. The topological polar surface area (TPSA) is 38.3 Å². The van der Waals surface area contributed by atoms with Gasteiger partial charge in [-0.05, 0) is 30.5 Å². The minimum atomic E-state index is -0.147. The second kappa shape index (κ2) is 7.49. The SMILES string of the molecule is CC(C)CCNC(=O)COc1cc(Cl)cc(Cl)c1. The predicted octanol–water partition coefficient (Wildman–Crippen LogP) is 3.53. The van der Waals surface area contributed by atoms with Gasteiger partial charge in [0, 0.05) is 16.6 Å². The molecule has 1 rings (SSSR count). The standard InChI is InChI=1S/C13H17Cl2NO2/c1-9(2)3-4-16-13(17)8-18-12-6-10(14)5-11(15)7-12/h5-7,9H,3-4,8H2,1-2H3,(H,16,17). The Hall–Kier alpha value is -0.930. The van der Waals surface area contributed by atoms with Gasteiger partial charge in [-0.1, -0.05) is 37.0 Å². The Labute approximate surface area is 117 Å². The van der Waals surface area contributed by atoms with Crippen molar-refractivity contribution in [3.8, 4) is 5.75 Å². The van der Waals surface area contributed by atoms with E-state index in [9.17, 15) is 4.79 Å². The maximum atomic E-state index is 11.5. The van der Waals surface area contributed by atoms with E-state index in [0.717, 1.165) is 6.42 Å². The van der Waals surface area contributed by atoms with Crippen molar-refractivity contribution in [1.29, 1.82) is 0 Å². The zero-order chi connectivity index (χ0) is 13.5. The first kappa shape index (κ1) is 15.1. The van der Waals surface area contributed by atoms with Crippen molar-refractivity contribution >= 4 is 29.1 Å². The van der Waals surface area contributed by atoms with Gasteiger partial charge in [0.05, 0.1) is 0 Å². The summed E-state index contributed by atoms with van der Waals surface area (Å²) in [6.45, 7) is 4.85. The van der Waals surface area contributed by atoms with E-state index in [-0.39, 0.29) is 12.5 Å². The normalized spacial score (nSPS) is 10.5. The first-order valence-electron chi connectivity index (χ1n) is 5.83. The number of carbonyl (C=O) groups is 1. The van der Waals surface area contributed by atoms with Gasteiger partial charge < -0.3 is 10.1 Å². The lowest BCUT2D eigenvalue weighted by Gasteiger charge is -2.09. The molecule has 1 aromatic rings. The molecule has 1 aromatic carbocycles. The Bertz CT molecular complexity index is 388. The summed E-state index contributed by atoms with van der Waals surface area (Å²) in [6.07, 6.45) is 0.953. The lowest BCUT2D eigenvalue weighted by atomic mass is 10.1. The van der Waals surface area contributed by atoms with Crippen LogP contribution in [0.4, 0.5) is 0 Å². The quantitative estimate of drug-likeness (QED) is 0.870. The monoisotopic (exact) mass is 289 g/mol. The largest absolute Gasteiger partial charge is 0.484 e. The van der Waals surface area contributed by atoms with Crippen LogP contribution in [0.3, 0.4) is 0 Å². The minimum absolute atomic E-state index is 0.0330. The second-order valence-electron chi connectivity index (χ2n) is 4.43. The summed E-state index contributed by atoms with van der Waals surface area (Å²) in [5.74, 6) is 0.913. The van der Waals surface area contributed by atoms with Crippen LogP contribution in [-0.2, 0) is 4.79 Å². The van der Waals surface area contributed by atoms with Crippen LogP contribution in [0.15, 0.2) is 18.2 Å². The fraction of sp³-hybridized carbons (Fsp3) is 0.462. The van der Waals surface area contributed by atoms with Crippen molar-refractivity contribution in [2.24, 2.45) is 5.92 Å². The van der Waals surface area contributed by atoms with Crippen LogP contribution in [0.5, 0.6) is 5.75 Å². The van der Waals surface area contributed by atoms with E-state index in [1.54, 1.807) is 18.2 Å². The van der Waals surface area contributed by atoms with Gasteiger partial charge in [0.15, 0.2) is 6.61 Å². The van der Waals surface area contributed by atoms with Gasteiger partial charge in [0.2, 0.25) is 0 Å². The zero-order valence-corrected chi connectivity index (χ0v) is 12.0. The molecule has 0 aromatic heterocycles. The van der Waals surface area contributed by atoms with Gasteiger partial charge in [-0.3, -0.25) is 4.79 Å². The van der Waals surface area contributed by atoms with Crippen molar-refractivity contribution in [1.82, 2.24) is 5.32 Å². The number of benzene rings is 1. The molecule has 0 aliphatic heterocycles. The molecule has 0 aliphatic rings. The highest BCUT2D eigenvalue weighted by atomic mass is 35.5. The van der Waals surface area contributed by atoms with Crippen molar-refractivity contribution in [2.45, 2.75) is 20.3 Å². The number of hydrogen-bond acceptors (Lipinski definition) is 2. The number of carbonyl (C=O) groups excluding carboxylic acids is 1. The highest BCUT2D eigenvalue weighted by molar-refractivity contribution is 6.34. The van der Waals surface area contributed by atoms with Crippen LogP contribution < -0.4 is 10.1 Å². The molecule has 0 saturated heterocycles. The minimum Gasteiger partial charge on any atom is -0.484 e. The zero-order valence-electron chi connectivity index (χ0n) is 10.5. The summed E-state index contributed by atoms with van der Waals surface area (Å²) in [5.41, 5.74) is 0. The van der Waals surface area contributed by atoms with Crippen LogP contribution in [0.1, 0.15) is 20.3 Å². The average molecular weight is 290 g/mol. The highest BCUT2D eigenvalue weighted by Gasteiger charge is 2.04. The summed E-state index contributed by atoms with van der Waals surface area (Å²) < 4.78 is 5.31. The Morgan fingerprint density at radius 3 is 2.44 bits per heavy atom. The average Bonchev–Trinajstić information content (AvgIpc) is 2.24. The van der Waals surface area contributed by atoms with Crippen molar-refractivity contribution in [3.63, 3.8) is 0 Å². The molecule has 5 heteroatoms. The Morgan fingerprint density at radius 2 is 1.89 bits per heavy atom. The Morgan fingerprint density at radius 1 is 1.28 bits per heavy atom. The summed E-state index contributed by atoms with van der Waals surface area (Å²) in [6, 6.07) is 4.85. The lowest BCUT2D eigenvalue weighted by molar-refractivity contribution is -0.123. The third-order valence-electron chi connectivity index (χ3n) is 2.25. The molecule has 1 amide bonds. The Kier molecular flexibility index (Phi) is 6.30. The van der Waals surface area contributed by atoms with Crippen LogP contribution in [-0.4, -0.2) is 19.1 Å². The Balaban J connectivity index is 2.33. The molecular formula is C13H17Cl2NO2. The van der Waals surface area contributed by atoms with Gasteiger partial charge in [-0.15, -0.1) is 0 Å². The molecule has 0 aliphatic carbocycles. The molecule has 3 nitrogen and oxygen atoms in total. The van der Waals surface area contributed by atoms with Crippen molar-refractivity contribution in [2.75, 3.05) is 13.2 Å². The molecule has 0 fully saturated rings. The van der Waals surface area contributed by atoms with Gasteiger partial charge in [0.1, 0.15) is 5.75 Å². The van der Waals surface area contributed by atoms with E-state index in [4.69, 9.17) is 27.9 Å². The molecular weight excluding hydrogens is 273 g/mol. The molecule has 0 bridgehead atoms. The van der Waals surface area contributed by atoms with Crippen LogP contribution in [0.25, 0.3) is 0 Å². The molecule has 18 heavy (non-hydrogen) atoms. The molecule has 0 atom stereocenters. The van der Waals surface area contributed by atoms with E-state index in [0.29, 0.717) is 28.3 Å². The first-order chi connectivity index (χ1) is 8.47. The van der Waals surface area contributed by atoms with E-state index in [1.807, 2.05) is 0 Å². The molecule has 100 valence electrons. The predicted molar refractivity (Wildman–Crippen MR) is 74.4 cm³/mol. The second-order valence-corrected chi connectivity index (χ2v) is 5.30. The molecule has 0 spiro atoms. The van der Waals surface area contributed by atoms with E-state index in [2.05, 4.69) is 19.2 Å².